The molecule has 0 aromatic heterocycles. The highest BCUT2D eigenvalue weighted by Gasteiger charge is 2.22. The van der Waals surface area contributed by atoms with Crippen molar-refractivity contribution in [3.05, 3.63) is 53.5 Å². The highest BCUT2D eigenvalue weighted by Crippen LogP contribution is 2.42. The molecule has 3 aromatic rings. The summed E-state index contributed by atoms with van der Waals surface area (Å²) >= 11 is 0. The van der Waals surface area contributed by atoms with Crippen molar-refractivity contribution in [3.63, 3.8) is 0 Å². The number of phenols is 1. The maximum absolute atomic E-state index is 10.1. The first-order chi connectivity index (χ1) is 8.33. The van der Waals surface area contributed by atoms with Crippen molar-refractivity contribution in [2.24, 2.45) is 0 Å². The van der Waals surface area contributed by atoms with E-state index in [2.05, 4.69) is 4.98 Å². The average molecular weight is 221 g/mol. The summed E-state index contributed by atoms with van der Waals surface area (Å²) in [6, 6.07) is 15.1. The average Bonchev–Trinajstić information content (AvgIpc) is 2.40. The first kappa shape index (κ1) is 9.61. The lowest BCUT2D eigenvalue weighted by Gasteiger charge is -2.03. The quantitative estimate of drug-likeness (QED) is 0.457. The molecule has 0 radical (unpaired) electrons. The summed E-state index contributed by atoms with van der Waals surface area (Å²) in [5, 5.41) is 22.5. The van der Waals surface area contributed by atoms with Crippen molar-refractivity contribution >= 4 is 27.2 Å². The molecule has 0 atom stereocenters. The van der Waals surface area contributed by atoms with Crippen molar-refractivity contribution in [3.8, 4) is 5.75 Å². The zero-order valence-corrected chi connectivity index (χ0v) is 8.96. The molecule has 80 valence electrons. The first-order valence-electron chi connectivity index (χ1n) is 5.30. The molecular weight excluding hydrogens is 212 g/mol. The Balaban J connectivity index is 2.70. The molecule has 17 heavy (non-hydrogen) atoms. The van der Waals surface area contributed by atoms with E-state index in [0.29, 0.717) is 5.39 Å². The van der Waals surface area contributed by atoms with Crippen LogP contribution in [0.15, 0.2) is 48.5 Å². The highest BCUT2D eigenvalue weighted by atomic mass is 16.3. The Kier molecular flexibility index (Phi) is 1.96. The molecule has 0 fully saturated rings. The van der Waals surface area contributed by atoms with E-state index in [1.54, 1.807) is 0 Å². The van der Waals surface area contributed by atoms with E-state index < -0.39 is 0 Å². The molecule has 0 heterocycles. The van der Waals surface area contributed by atoms with Crippen LogP contribution in [-0.4, -0.2) is 5.11 Å². The number of diazo groups is 1. The maximum atomic E-state index is 10.1. The minimum atomic E-state index is 0.0156. The molecule has 0 aliphatic heterocycles. The first-order valence-corrected chi connectivity index (χ1v) is 5.30. The summed E-state index contributed by atoms with van der Waals surface area (Å²) in [5.41, 5.74) is 0.222. The number of hydrogen-bond donors (Lipinski definition) is 1. The summed E-state index contributed by atoms with van der Waals surface area (Å²) in [5.74, 6) is 0.0156. The third-order valence-electron chi connectivity index (χ3n) is 2.98. The molecule has 3 nitrogen and oxygen atoms in total. The fourth-order valence-corrected chi connectivity index (χ4v) is 2.21. The normalized spacial score (nSPS) is 10.5. The van der Waals surface area contributed by atoms with Gasteiger partial charge in [0.05, 0.1) is 5.39 Å². The molecule has 0 aliphatic carbocycles. The van der Waals surface area contributed by atoms with E-state index in [1.807, 2.05) is 48.5 Å². The third kappa shape index (κ3) is 1.25. The van der Waals surface area contributed by atoms with Gasteiger partial charge < -0.3 is 5.11 Å². The second-order valence-electron chi connectivity index (χ2n) is 3.89. The summed E-state index contributed by atoms with van der Waals surface area (Å²) in [4.78, 5) is 3.20. The SMILES string of the molecule is N#[N+]c1c(O)c2ccccc2c2ccccc12. The Morgan fingerprint density at radius 1 is 0.765 bits per heavy atom. The molecule has 1 N–H and O–H groups in total. The van der Waals surface area contributed by atoms with Gasteiger partial charge in [0.1, 0.15) is 0 Å². The topological polar surface area (TPSA) is 48.4 Å². The molecule has 0 amide bonds. The van der Waals surface area contributed by atoms with Crippen molar-refractivity contribution in [1.82, 2.24) is 0 Å². The Labute approximate surface area is 97.5 Å². The van der Waals surface area contributed by atoms with E-state index in [9.17, 15) is 5.11 Å². The standard InChI is InChI=1S/C14H8N2O/c15-16-13-11-7-3-1-5-9(11)10-6-2-4-8-12(10)14(13)17/h1-8H/p+1. The number of aromatic hydroxyl groups is 1. The van der Waals surface area contributed by atoms with Gasteiger partial charge in [-0.1, -0.05) is 42.5 Å². The lowest BCUT2D eigenvalue weighted by Crippen LogP contribution is -1.79. The molecule has 0 bridgehead atoms. The van der Waals surface area contributed by atoms with Crippen LogP contribution in [0.4, 0.5) is 5.69 Å². The maximum Gasteiger partial charge on any atom is 0.434 e. The third-order valence-corrected chi connectivity index (χ3v) is 2.98. The Bertz CT molecular complexity index is 772. The zero-order chi connectivity index (χ0) is 11.8. The van der Waals surface area contributed by atoms with Gasteiger partial charge in [0.15, 0.2) is 4.98 Å². The van der Waals surface area contributed by atoms with E-state index in [1.165, 1.54) is 0 Å². The highest BCUT2D eigenvalue weighted by molar-refractivity contribution is 6.16. The minimum Gasteiger partial charge on any atom is -0.501 e. The molecule has 0 spiro atoms. The van der Waals surface area contributed by atoms with Gasteiger partial charge in [-0.2, -0.15) is 0 Å². The molecule has 3 heteroatoms. The van der Waals surface area contributed by atoms with E-state index in [-0.39, 0.29) is 11.4 Å². The van der Waals surface area contributed by atoms with Gasteiger partial charge in [0.2, 0.25) is 11.1 Å². The van der Waals surface area contributed by atoms with Gasteiger partial charge in [-0.3, -0.25) is 0 Å². The van der Waals surface area contributed by atoms with E-state index >= 15 is 0 Å². The van der Waals surface area contributed by atoms with Gasteiger partial charge in [0.25, 0.3) is 0 Å². The summed E-state index contributed by atoms with van der Waals surface area (Å²) in [6.45, 7) is 0. The van der Waals surface area contributed by atoms with Crippen LogP contribution < -0.4 is 0 Å². The zero-order valence-electron chi connectivity index (χ0n) is 8.96. The van der Waals surface area contributed by atoms with Gasteiger partial charge in [0, 0.05) is 5.39 Å². The summed E-state index contributed by atoms with van der Waals surface area (Å²) in [7, 11) is 0. The van der Waals surface area contributed by atoms with Gasteiger partial charge >= 0.3 is 5.69 Å². The molecule has 0 saturated carbocycles. The van der Waals surface area contributed by atoms with Crippen LogP contribution in [0, 0.1) is 5.39 Å². The monoisotopic (exact) mass is 221 g/mol. The molecular formula is C14H9N2O+. The second-order valence-corrected chi connectivity index (χ2v) is 3.89. The Morgan fingerprint density at radius 2 is 1.24 bits per heavy atom. The van der Waals surface area contributed by atoms with Crippen LogP contribution in [0.5, 0.6) is 5.75 Å². The molecule has 3 rings (SSSR count). The van der Waals surface area contributed by atoms with Crippen molar-refractivity contribution < 1.29 is 5.11 Å². The molecule has 0 saturated heterocycles. The van der Waals surface area contributed by atoms with E-state index in [0.717, 1.165) is 16.2 Å². The number of benzene rings is 3. The van der Waals surface area contributed by atoms with Gasteiger partial charge in [-0.25, -0.2) is 0 Å². The number of nitrogens with zero attached hydrogens (tertiary/aromatic N) is 2. The van der Waals surface area contributed by atoms with Crippen LogP contribution >= 0.6 is 0 Å². The van der Waals surface area contributed by atoms with Crippen LogP contribution in [0.2, 0.25) is 0 Å². The van der Waals surface area contributed by atoms with Crippen molar-refractivity contribution in [2.75, 3.05) is 0 Å². The van der Waals surface area contributed by atoms with Crippen LogP contribution in [0.1, 0.15) is 0 Å². The smallest absolute Gasteiger partial charge is 0.434 e. The van der Waals surface area contributed by atoms with Crippen LogP contribution in [0.3, 0.4) is 0 Å². The summed E-state index contributed by atoms with van der Waals surface area (Å²) in [6.07, 6.45) is 0. The lowest BCUT2D eigenvalue weighted by atomic mass is 9.99. The number of fused-ring (bicyclic) bond motifs is 3. The second kappa shape index (κ2) is 3.46. The Hall–Kier alpha value is -2.60. The summed E-state index contributed by atoms with van der Waals surface area (Å²) < 4.78 is 0. The Morgan fingerprint density at radius 3 is 1.82 bits per heavy atom. The largest absolute Gasteiger partial charge is 0.501 e. The van der Waals surface area contributed by atoms with Gasteiger partial charge in [-0.15, -0.1) is 0 Å². The molecule has 0 unspecified atom stereocenters. The molecule has 0 aliphatic rings. The minimum absolute atomic E-state index is 0.0156. The number of rotatable bonds is 0. The van der Waals surface area contributed by atoms with Crippen molar-refractivity contribution in [1.29, 1.82) is 5.39 Å². The van der Waals surface area contributed by atoms with E-state index in [4.69, 9.17) is 5.39 Å². The molecule has 3 aromatic carbocycles. The number of phenolic OH excluding ortho intramolecular Hbond substituents is 1. The fourth-order valence-electron chi connectivity index (χ4n) is 2.21. The fraction of sp³-hybridized carbons (Fsp3) is 0. The number of hydrogen-bond acceptors (Lipinski definition) is 2. The van der Waals surface area contributed by atoms with Crippen LogP contribution in [0.25, 0.3) is 26.5 Å². The van der Waals surface area contributed by atoms with Crippen molar-refractivity contribution in [2.45, 2.75) is 0 Å². The predicted octanol–water partition coefficient (Wildman–Crippen LogP) is 4.18. The lowest BCUT2D eigenvalue weighted by molar-refractivity contribution is 0.485. The predicted molar refractivity (Wildman–Crippen MR) is 67.9 cm³/mol. The van der Waals surface area contributed by atoms with Crippen LogP contribution in [-0.2, 0) is 0 Å². The van der Waals surface area contributed by atoms with Gasteiger partial charge in [-0.05, 0) is 16.8 Å².